The van der Waals surface area contributed by atoms with Crippen molar-refractivity contribution >= 4 is 0 Å². The Morgan fingerprint density at radius 1 is 1.61 bits per heavy atom. The first-order valence-corrected chi connectivity index (χ1v) is 6.54. The predicted octanol–water partition coefficient (Wildman–Crippen LogP) is 2.08. The summed E-state index contributed by atoms with van der Waals surface area (Å²) in [6, 6.07) is 0.197. The van der Waals surface area contributed by atoms with Crippen LogP contribution in [0.3, 0.4) is 0 Å². The van der Waals surface area contributed by atoms with Gasteiger partial charge in [0.05, 0.1) is 19.4 Å². The highest BCUT2D eigenvalue weighted by Crippen LogP contribution is 2.32. The molecule has 1 aliphatic heterocycles. The Kier molecular flexibility index (Phi) is 4.24. The Balaban J connectivity index is 2.16. The first kappa shape index (κ1) is 13.4. The number of aliphatic hydroxyl groups excluding tert-OH is 1. The summed E-state index contributed by atoms with van der Waals surface area (Å²) in [6.07, 6.45) is 3.93. The summed E-state index contributed by atoms with van der Waals surface area (Å²) in [5, 5.41) is 14.7. The number of aromatic nitrogens is 2. The van der Waals surface area contributed by atoms with Crippen molar-refractivity contribution in [3.63, 3.8) is 0 Å². The quantitative estimate of drug-likeness (QED) is 0.874. The molecule has 0 bridgehead atoms. The molecule has 1 fully saturated rings. The highest BCUT2D eigenvalue weighted by atomic mass is 16.5. The lowest BCUT2D eigenvalue weighted by Crippen LogP contribution is -2.17. The number of aliphatic hydroxyl groups is 1. The van der Waals surface area contributed by atoms with Crippen molar-refractivity contribution < 1.29 is 14.6 Å². The predicted molar refractivity (Wildman–Crippen MR) is 67.7 cm³/mol. The maximum absolute atomic E-state index is 10.4. The van der Waals surface area contributed by atoms with Crippen LogP contribution in [0.25, 0.3) is 0 Å². The normalized spacial score (nSPS) is 21.5. The van der Waals surface area contributed by atoms with Crippen molar-refractivity contribution in [2.75, 3.05) is 13.7 Å². The van der Waals surface area contributed by atoms with E-state index in [0.717, 1.165) is 25.1 Å². The molecule has 0 amide bonds. The molecule has 2 atom stereocenters. The third-order valence-electron chi connectivity index (χ3n) is 3.33. The van der Waals surface area contributed by atoms with Gasteiger partial charge in [-0.3, -0.25) is 4.68 Å². The lowest BCUT2D eigenvalue weighted by atomic mass is 10.1. The molecule has 5 nitrogen and oxygen atoms in total. The number of nitrogens with zero attached hydrogens (tertiary/aromatic N) is 2. The fourth-order valence-electron chi connectivity index (χ4n) is 2.43. The number of methoxy groups -OCH3 is 1. The summed E-state index contributed by atoms with van der Waals surface area (Å²) in [4.78, 5) is 0. The van der Waals surface area contributed by atoms with Crippen LogP contribution in [-0.2, 0) is 4.74 Å². The average molecular weight is 254 g/mol. The molecule has 5 heteroatoms. The van der Waals surface area contributed by atoms with Crippen LogP contribution in [0.4, 0.5) is 0 Å². The molecule has 2 unspecified atom stereocenters. The molecule has 0 spiro atoms. The summed E-state index contributed by atoms with van der Waals surface area (Å²) in [5.41, 5.74) is 0.753. The molecule has 2 rings (SSSR count). The van der Waals surface area contributed by atoms with E-state index >= 15 is 0 Å². The number of rotatable bonds is 5. The summed E-state index contributed by atoms with van der Waals surface area (Å²) in [7, 11) is 1.60. The first-order valence-electron chi connectivity index (χ1n) is 6.54. The van der Waals surface area contributed by atoms with Crippen LogP contribution in [-0.4, -0.2) is 34.7 Å². The molecule has 18 heavy (non-hydrogen) atoms. The standard InChI is InChI=1S/C13H22N2O3/c1-9(2)15-13(12(17-3)8-14-15)11(16)7-10-5-4-6-18-10/h8-11,16H,4-7H2,1-3H3. The second-order valence-corrected chi connectivity index (χ2v) is 5.02. The molecule has 0 saturated carbocycles. The largest absolute Gasteiger partial charge is 0.493 e. The third-order valence-corrected chi connectivity index (χ3v) is 3.33. The first-order chi connectivity index (χ1) is 8.63. The Hall–Kier alpha value is -1.07. The fraction of sp³-hybridized carbons (Fsp3) is 0.769. The Morgan fingerprint density at radius 2 is 2.39 bits per heavy atom. The number of ether oxygens (including phenoxy) is 2. The maximum atomic E-state index is 10.4. The molecular weight excluding hydrogens is 232 g/mol. The Bertz CT molecular complexity index is 384. The van der Waals surface area contributed by atoms with Crippen molar-refractivity contribution in [1.82, 2.24) is 9.78 Å². The molecule has 1 aromatic heterocycles. The van der Waals surface area contributed by atoms with E-state index in [1.807, 2.05) is 18.5 Å². The van der Waals surface area contributed by atoms with Crippen LogP contribution in [0.2, 0.25) is 0 Å². The second kappa shape index (κ2) is 5.71. The van der Waals surface area contributed by atoms with E-state index in [0.29, 0.717) is 12.2 Å². The van der Waals surface area contributed by atoms with E-state index in [4.69, 9.17) is 9.47 Å². The van der Waals surface area contributed by atoms with Gasteiger partial charge in [-0.25, -0.2) is 0 Å². The van der Waals surface area contributed by atoms with Crippen molar-refractivity contribution in [2.24, 2.45) is 0 Å². The van der Waals surface area contributed by atoms with Crippen molar-refractivity contribution in [2.45, 2.75) is 51.4 Å². The molecule has 2 heterocycles. The molecule has 0 radical (unpaired) electrons. The van der Waals surface area contributed by atoms with Gasteiger partial charge in [0.25, 0.3) is 0 Å². The van der Waals surface area contributed by atoms with Crippen LogP contribution in [0.15, 0.2) is 6.20 Å². The molecule has 0 aliphatic carbocycles. The smallest absolute Gasteiger partial charge is 0.162 e. The summed E-state index contributed by atoms with van der Waals surface area (Å²) in [6.45, 7) is 4.88. The SMILES string of the molecule is COc1cnn(C(C)C)c1C(O)CC1CCCO1. The average Bonchev–Trinajstić information content (AvgIpc) is 2.95. The third kappa shape index (κ3) is 2.67. The Labute approximate surface area is 108 Å². The fourth-order valence-corrected chi connectivity index (χ4v) is 2.43. The lowest BCUT2D eigenvalue weighted by Gasteiger charge is -2.19. The topological polar surface area (TPSA) is 56.5 Å². The van der Waals surface area contributed by atoms with Crippen molar-refractivity contribution in [1.29, 1.82) is 0 Å². The monoisotopic (exact) mass is 254 g/mol. The Morgan fingerprint density at radius 3 is 2.94 bits per heavy atom. The zero-order valence-corrected chi connectivity index (χ0v) is 11.3. The van der Waals surface area contributed by atoms with E-state index in [2.05, 4.69) is 5.10 Å². The van der Waals surface area contributed by atoms with Gasteiger partial charge in [-0.15, -0.1) is 0 Å². The van der Waals surface area contributed by atoms with E-state index in [-0.39, 0.29) is 12.1 Å². The molecule has 1 aromatic rings. The minimum Gasteiger partial charge on any atom is -0.493 e. The van der Waals surface area contributed by atoms with Gasteiger partial charge < -0.3 is 14.6 Å². The minimum absolute atomic E-state index is 0.153. The van der Waals surface area contributed by atoms with Gasteiger partial charge in [-0.2, -0.15) is 5.10 Å². The van der Waals surface area contributed by atoms with Gasteiger partial charge in [0.2, 0.25) is 0 Å². The molecule has 0 aromatic carbocycles. The van der Waals surface area contributed by atoms with E-state index < -0.39 is 6.10 Å². The van der Waals surface area contributed by atoms with Crippen LogP contribution in [0.1, 0.15) is 50.9 Å². The number of hydrogen-bond acceptors (Lipinski definition) is 4. The summed E-state index contributed by atoms with van der Waals surface area (Å²) in [5.74, 6) is 0.647. The van der Waals surface area contributed by atoms with Gasteiger partial charge >= 0.3 is 0 Å². The van der Waals surface area contributed by atoms with Gasteiger partial charge in [0, 0.05) is 19.1 Å². The highest BCUT2D eigenvalue weighted by molar-refractivity contribution is 5.27. The zero-order valence-electron chi connectivity index (χ0n) is 11.3. The molecule has 102 valence electrons. The highest BCUT2D eigenvalue weighted by Gasteiger charge is 2.26. The zero-order chi connectivity index (χ0) is 13.1. The maximum Gasteiger partial charge on any atom is 0.162 e. The second-order valence-electron chi connectivity index (χ2n) is 5.02. The van der Waals surface area contributed by atoms with Gasteiger partial charge in [-0.05, 0) is 26.7 Å². The van der Waals surface area contributed by atoms with E-state index in [1.165, 1.54) is 0 Å². The van der Waals surface area contributed by atoms with Crippen LogP contribution < -0.4 is 4.74 Å². The van der Waals surface area contributed by atoms with Crippen molar-refractivity contribution in [3.8, 4) is 5.75 Å². The lowest BCUT2D eigenvalue weighted by molar-refractivity contribution is 0.0486. The van der Waals surface area contributed by atoms with E-state index in [1.54, 1.807) is 13.3 Å². The molecule has 1 aliphatic rings. The summed E-state index contributed by atoms with van der Waals surface area (Å²) >= 11 is 0. The van der Waals surface area contributed by atoms with Gasteiger partial charge in [0.15, 0.2) is 5.75 Å². The van der Waals surface area contributed by atoms with Crippen LogP contribution in [0.5, 0.6) is 5.75 Å². The van der Waals surface area contributed by atoms with E-state index in [9.17, 15) is 5.11 Å². The molecule has 1 saturated heterocycles. The van der Waals surface area contributed by atoms with Crippen LogP contribution >= 0.6 is 0 Å². The van der Waals surface area contributed by atoms with Crippen molar-refractivity contribution in [3.05, 3.63) is 11.9 Å². The summed E-state index contributed by atoms with van der Waals surface area (Å²) < 4.78 is 12.7. The van der Waals surface area contributed by atoms with Gasteiger partial charge in [-0.1, -0.05) is 0 Å². The number of hydrogen-bond donors (Lipinski definition) is 1. The van der Waals surface area contributed by atoms with Crippen LogP contribution in [0, 0.1) is 0 Å². The molecular formula is C13H22N2O3. The molecule has 1 N–H and O–H groups in total. The minimum atomic E-state index is -0.590. The van der Waals surface area contributed by atoms with Gasteiger partial charge in [0.1, 0.15) is 11.8 Å².